The van der Waals surface area contributed by atoms with Crippen molar-refractivity contribution in [2.75, 3.05) is 0 Å². The van der Waals surface area contributed by atoms with E-state index in [4.69, 9.17) is 5.73 Å². The number of rotatable bonds is 3. The molecule has 2 heteroatoms. The van der Waals surface area contributed by atoms with Crippen molar-refractivity contribution in [2.24, 2.45) is 16.6 Å². The van der Waals surface area contributed by atoms with E-state index < -0.39 is 5.41 Å². The van der Waals surface area contributed by atoms with E-state index in [0.29, 0.717) is 0 Å². The first-order valence-corrected chi connectivity index (χ1v) is 4.05. The average molecular weight is 157 g/mol. The summed E-state index contributed by atoms with van der Waals surface area (Å²) in [7, 11) is 0. The van der Waals surface area contributed by atoms with E-state index >= 15 is 0 Å². The van der Waals surface area contributed by atoms with Crippen molar-refractivity contribution >= 4 is 5.91 Å². The number of carbonyl (C=O) groups excluding carboxylic acids is 1. The third-order valence-corrected chi connectivity index (χ3v) is 3.19. The third kappa shape index (κ3) is 1.73. The van der Waals surface area contributed by atoms with Gasteiger partial charge < -0.3 is 5.73 Å². The normalized spacial score (nSPS) is 13.2. The summed E-state index contributed by atoms with van der Waals surface area (Å²) in [4.78, 5) is 11.0. The van der Waals surface area contributed by atoms with Crippen LogP contribution in [0.4, 0.5) is 0 Å². The van der Waals surface area contributed by atoms with E-state index in [-0.39, 0.29) is 11.3 Å². The zero-order valence-electron chi connectivity index (χ0n) is 8.19. The summed E-state index contributed by atoms with van der Waals surface area (Å²) in [5, 5.41) is 0. The molecule has 0 radical (unpaired) electrons. The third-order valence-electron chi connectivity index (χ3n) is 3.19. The lowest BCUT2D eigenvalue weighted by molar-refractivity contribution is -0.132. The second-order valence-corrected chi connectivity index (χ2v) is 4.23. The van der Waals surface area contributed by atoms with Gasteiger partial charge in [-0.1, -0.05) is 34.6 Å². The molecule has 2 N–H and O–H groups in total. The van der Waals surface area contributed by atoms with E-state index in [9.17, 15) is 4.79 Å². The topological polar surface area (TPSA) is 43.1 Å². The Morgan fingerprint density at radius 1 is 1.27 bits per heavy atom. The molecule has 0 heterocycles. The van der Waals surface area contributed by atoms with Crippen molar-refractivity contribution in [3.05, 3.63) is 0 Å². The zero-order valence-corrected chi connectivity index (χ0v) is 8.19. The maximum absolute atomic E-state index is 11.0. The summed E-state index contributed by atoms with van der Waals surface area (Å²) in [6, 6.07) is 0. The molecule has 11 heavy (non-hydrogen) atoms. The zero-order chi connectivity index (χ0) is 9.28. The molecule has 0 aromatic carbocycles. The van der Waals surface area contributed by atoms with Gasteiger partial charge in [-0.2, -0.15) is 0 Å². The van der Waals surface area contributed by atoms with Crippen LogP contribution in [-0.2, 0) is 4.79 Å². The molecule has 2 nitrogen and oxygen atoms in total. The van der Waals surface area contributed by atoms with Gasteiger partial charge in [0.15, 0.2) is 0 Å². The fourth-order valence-corrected chi connectivity index (χ4v) is 0.775. The van der Waals surface area contributed by atoms with E-state index in [1.165, 1.54) is 0 Å². The van der Waals surface area contributed by atoms with E-state index in [1.54, 1.807) is 0 Å². The predicted molar refractivity (Wildman–Crippen MR) is 47.0 cm³/mol. The predicted octanol–water partition coefficient (Wildman–Crippen LogP) is 1.93. The van der Waals surface area contributed by atoms with Crippen LogP contribution in [0.3, 0.4) is 0 Å². The molecule has 0 saturated heterocycles. The van der Waals surface area contributed by atoms with Crippen LogP contribution in [0.2, 0.25) is 0 Å². The minimum atomic E-state index is -0.415. The van der Waals surface area contributed by atoms with Crippen molar-refractivity contribution in [3.63, 3.8) is 0 Å². The van der Waals surface area contributed by atoms with Crippen molar-refractivity contribution in [2.45, 2.75) is 41.0 Å². The number of nitrogens with two attached hydrogens (primary N) is 1. The maximum atomic E-state index is 11.0. The molecule has 1 amide bonds. The van der Waals surface area contributed by atoms with Crippen molar-refractivity contribution < 1.29 is 4.79 Å². The fraction of sp³-hybridized carbons (Fsp3) is 0.889. The van der Waals surface area contributed by atoms with Crippen LogP contribution < -0.4 is 5.73 Å². The van der Waals surface area contributed by atoms with Crippen LogP contribution in [0.25, 0.3) is 0 Å². The molecule has 0 atom stereocenters. The van der Waals surface area contributed by atoms with Gasteiger partial charge >= 0.3 is 0 Å². The fourth-order valence-electron chi connectivity index (χ4n) is 0.775. The van der Waals surface area contributed by atoms with Gasteiger partial charge in [-0.15, -0.1) is 0 Å². The van der Waals surface area contributed by atoms with Crippen LogP contribution in [0.5, 0.6) is 0 Å². The lowest BCUT2D eigenvalue weighted by atomic mass is 9.66. The molecule has 66 valence electrons. The molecule has 0 aromatic rings. The summed E-state index contributed by atoms with van der Waals surface area (Å²) >= 11 is 0. The molecule has 0 aromatic heterocycles. The summed E-state index contributed by atoms with van der Waals surface area (Å²) in [5.41, 5.74) is 4.86. The van der Waals surface area contributed by atoms with Gasteiger partial charge in [-0.3, -0.25) is 4.79 Å². The highest BCUT2D eigenvalue weighted by Gasteiger charge is 2.40. The van der Waals surface area contributed by atoms with Crippen molar-refractivity contribution in [3.8, 4) is 0 Å². The Hall–Kier alpha value is -0.530. The number of hydrogen-bond donors (Lipinski definition) is 1. The Kier molecular flexibility index (Phi) is 2.70. The first-order valence-electron chi connectivity index (χ1n) is 4.05. The summed E-state index contributed by atoms with van der Waals surface area (Å²) < 4.78 is 0. The standard InChI is InChI=1S/C9H19NO/c1-6-8(2,3)9(4,5)7(10)11/h6H2,1-5H3,(H2,10,11). The Bertz CT molecular complexity index is 159. The molecule has 0 spiro atoms. The van der Waals surface area contributed by atoms with Crippen LogP contribution in [0.15, 0.2) is 0 Å². The Morgan fingerprint density at radius 2 is 1.64 bits per heavy atom. The molecule has 0 fully saturated rings. The van der Waals surface area contributed by atoms with Crippen LogP contribution in [0, 0.1) is 10.8 Å². The highest BCUT2D eigenvalue weighted by molar-refractivity contribution is 5.80. The number of hydrogen-bond acceptors (Lipinski definition) is 1. The molecule has 0 rings (SSSR count). The second kappa shape index (κ2) is 2.84. The Balaban J connectivity index is 4.67. The van der Waals surface area contributed by atoms with Crippen LogP contribution in [-0.4, -0.2) is 5.91 Å². The molecule has 0 aliphatic carbocycles. The lowest BCUT2D eigenvalue weighted by Gasteiger charge is -2.38. The average Bonchev–Trinajstić information content (AvgIpc) is 1.87. The van der Waals surface area contributed by atoms with Gasteiger partial charge in [0.2, 0.25) is 5.91 Å². The van der Waals surface area contributed by atoms with Crippen LogP contribution in [0.1, 0.15) is 41.0 Å². The van der Waals surface area contributed by atoms with Crippen molar-refractivity contribution in [1.29, 1.82) is 0 Å². The first-order chi connectivity index (χ1) is 4.75. The second-order valence-electron chi connectivity index (χ2n) is 4.23. The molecular formula is C9H19NO. The van der Waals surface area contributed by atoms with E-state index in [2.05, 4.69) is 20.8 Å². The van der Waals surface area contributed by atoms with Gasteiger partial charge in [0, 0.05) is 5.41 Å². The quantitative estimate of drug-likeness (QED) is 0.668. The molecule has 0 unspecified atom stereocenters. The van der Waals surface area contributed by atoms with Gasteiger partial charge in [0.25, 0.3) is 0 Å². The monoisotopic (exact) mass is 157 g/mol. The Morgan fingerprint density at radius 3 is 1.73 bits per heavy atom. The molecule has 0 aliphatic heterocycles. The Labute approximate surface area is 69.2 Å². The summed E-state index contributed by atoms with van der Waals surface area (Å²) in [6.45, 7) is 10.0. The molecular weight excluding hydrogens is 138 g/mol. The first kappa shape index (κ1) is 10.5. The highest BCUT2D eigenvalue weighted by atomic mass is 16.1. The molecule has 0 bridgehead atoms. The van der Waals surface area contributed by atoms with Crippen molar-refractivity contribution in [1.82, 2.24) is 0 Å². The number of amides is 1. The summed E-state index contributed by atoms with van der Waals surface area (Å²) in [5.74, 6) is -0.218. The van der Waals surface area contributed by atoms with E-state index in [1.807, 2.05) is 13.8 Å². The minimum Gasteiger partial charge on any atom is -0.369 e. The lowest BCUT2D eigenvalue weighted by Crippen LogP contribution is -2.43. The van der Waals surface area contributed by atoms with Gasteiger partial charge in [0.05, 0.1) is 0 Å². The molecule has 0 aliphatic rings. The minimum absolute atomic E-state index is 0.0150. The SMILES string of the molecule is CCC(C)(C)C(C)(C)C(N)=O. The number of carbonyl (C=O) groups is 1. The number of primary amides is 1. The van der Waals surface area contributed by atoms with Gasteiger partial charge in [-0.05, 0) is 11.8 Å². The maximum Gasteiger partial charge on any atom is 0.223 e. The van der Waals surface area contributed by atoms with Crippen LogP contribution >= 0.6 is 0 Å². The van der Waals surface area contributed by atoms with E-state index in [0.717, 1.165) is 6.42 Å². The van der Waals surface area contributed by atoms with Gasteiger partial charge in [-0.25, -0.2) is 0 Å². The smallest absolute Gasteiger partial charge is 0.223 e. The molecule has 0 saturated carbocycles. The largest absolute Gasteiger partial charge is 0.369 e. The van der Waals surface area contributed by atoms with Gasteiger partial charge in [0.1, 0.15) is 0 Å². The highest BCUT2D eigenvalue weighted by Crippen LogP contribution is 2.40. The summed E-state index contributed by atoms with van der Waals surface area (Å²) in [6.07, 6.45) is 0.961.